The Morgan fingerprint density at radius 2 is 0.987 bits per heavy atom. The molecule has 0 radical (unpaired) electrons. The molecule has 1 N–H and O–H groups in total. The van der Waals surface area contributed by atoms with Gasteiger partial charge in [0.1, 0.15) is 11.6 Å². The summed E-state index contributed by atoms with van der Waals surface area (Å²) in [5.41, 5.74) is 11.0. The summed E-state index contributed by atoms with van der Waals surface area (Å²) < 4.78 is 59.1. The monoisotopic (exact) mass is 1110 g/mol. The van der Waals surface area contributed by atoms with Gasteiger partial charge in [-0.25, -0.2) is 36.4 Å². The molecule has 2 fully saturated rings. The number of methoxy groups -OCH3 is 2. The number of rotatable bonds is 13. The van der Waals surface area contributed by atoms with Crippen LogP contribution in [-0.4, -0.2) is 166 Å². The number of hydrogen-bond donors (Lipinski definition) is 1. The van der Waals surface area contributed by atoms with Crippen molar-refractivity contribution in [1.82, 2.24) is 38.5 Å². The van der Waals surface area contributed by atoms with Crippen LogP contribution in [0.2, 0.25) is 0 Å². The van der Waals surface area contributed by atoms with Crippen LogP contribution in [0, 0.1) is 0 Å². The zero-order valence-electron chi connectivity index (χ0n) is 45.4. The summed E-state index contributed by atoms with van der Waals surface area (Å²) in [5.74, 6) is 2.17. The Morgan fingerprint density at radius 1 is 0.584 bits per heavy atom. The number of aryl methyl sites for hydroxylation is 6. The number of benzene rings is 4. The number of nitrogens with zero attached hydrogens (tertiary/aromatic N) is 9. The zero-order valence-corrected chi connectivity index (χ0v) is 47.8. The van der Waals surface area contributed by atoms with Gasteiger partial charge in [0.15, 0.2) is 0 Å². The first kappa shape index (κ1) is 57.6. The molecule has 10 rings (SSSR count). The summed E-state index contributed by atoms with van der Waals surface area (Å²) >= 11 is 0. The fourth-order valence-corrected chi connectivity index (χ4v) is 11.9. The Bertz CT molecular complexity index is 3190. The summed E-state index contributed by atoms with van der Waals surface area (Å²) in [6, 6.07) is 29.6. The maximum atomic E-state index is 12.6. The number of carbonyl (C=O) groups excluding carboxylic acids is 2. The minimum Gasteiger partial charge on any atom is -0.452 e. The highest BCUT2D eigenvalue weighted by Gasteiger charge is 2.33. The molecule has 0 aliphatic carbocycles. The fourth-order valence-electron chi connectivity index (χ4n) is 11.1. The smallest absolute Gasteiger partial charge is 0.414 e. The first-order valence-electron chi connectivity index (χ1n) is 26.8. The molecule has 2 amide bonds. The number of nitrogens with one attached hydrogen (secondary N) is 1. The molecule has 77 heavy (non-hydrogen) atoms. The van der Waals surface area contributed by atoms with Crippen LogP contribution in [0.4, 0.5) is 21.0 Å². The third-order valence-electron chi connectivity index (χ3n) is 15.2. The van der Waals surface area contributed by atoms with Crippen molar-refractivity contribution >= 4 is 75.4 Å². The summed E-state index contributed by atoms with van der Waals surface area (Å²) in [4.78, 5) is 43.9. The Balaban J connectivity index is 0.000000188. The molecular weight excluding hydrogens is 1040 g/mol. The van der Waals surface area contributed by atoms with Gasteiger partial charge in [-0.2, -0.15) is 4.31 Å². The fraction of sp³-hybridized carbons (Fsp3) is 0.500. The van der Waals surface area contributed by atoms with E-state index in [1.807, 2.05) is 12.1 Å². The van der Waals surface area contributed by atoms with Gasteiger partial charge in [-0.05, 0) is 87.8 Å². The van der Waals surface area contributed by atoms with Gasteiger partial charge in [-0.1, -0.05) is 60.7 Å². The molecule has 0 unspecified atom stereocenters. The lowest BCUT2D eigenvalue weighted by Crippen LogP contribution is -2.48. The van der Waals surface area contributed by atoms with Gasteiger partial charge in [-0.15, -0.1) is 0 Å². The van der Waals surface area contributed by atoms with E-state index in [9.17, 15) is 26.4 Å². The summed E-state index contributed by atoms with van der Waals surface area (Å²) in [5, 5.41) is 3.44. The van der Waals surface area contributed by atoms with Crippen LogP contribution in [0.1, 0.15) is 60.6 Å². The highest BCUT2D eigenvalue weighted by molar-refractivity contribution is 8.13. The van der Waals surface area contributed by atoms with Crippen molar-refractivity contribution < 1.29 is 35.9 Å². The molecular formula is C56H75ClN10O8S2. The molecule has 6 heterocycles. The van der Waals surface area contributed by atoms with E-state index >= 15 is 0 Å². The maximum absolute atomic E-state index is 12.6. The van der Waals surface area contributed by atoms with E-state index in [0.29, 0.717) is 13.1 Å². The average Bonchev–Trinajstić information content (AvgIpc) is 4.01. The number of sulfonamides is 1. The lowest BCUT2D eigenvalue weighted by Gasteiger charge is -2.34. The number of amides is 2. The number of imidazole rings is 2. The molecule has 2 saturated heterocycles. The minimum absolute atomic E-state index is 0.0673. The van der Waals surface area contributed by atoms with Gasteiger partial charge in [0.2, 0.25) is 19.1 Å². The van der Waals surface area contributed by atoms with Crippen molar-refractivity contribution in [1.29, 1.82) is 0 Å². The molecule has 4 aliphatic heterocycles. The van der Waals surface area contributed by atoms with E-state index in [1.165, 1.54) is 42.7 Å². The molecule has 21 heteroatoms. The van der Waals surface area contributed by atoms with Gasteiger partial charge < -0.3 is 23.9 Å². The van der Waals surface area contributed by atoms with Crippen molar-refractivity contribution in [3.8, 4) is 0 Å². The molecule has 4 aliphatic rings. The van der Waals surface area contributed by atoms with Crippen molar-refractivity contribution in [2.75, 3.05) is 102 Å². The number of ether oxygens (including phenoxy) is 2. The van der Waals surface area contributed by atoms with Crippen molar-refractivity contribution in [2.45, 2.75) is 90.4 Å². The first-order valence-corrected chi connectivity index (χ1v) is 31.3. The van der Waals surface area contributed by atoms with E-state index in [1.54, 1.807) is 14.1 Å². The molecule has 416 valence electrons. The van der Waals surface area contributed by atoms with E-state index in [2.05, 4.69) is 122 Å². The highest BCUT2D eigenvalue weighted by atomic mass is 35.7. The summed E-state index contributed by atoms with van der Waals surface area (Å²) in [6.45, 7) is 14.5. The van der Waals surface area contributed by atoms with Crippen molar-refractivity contribution in [3.63, 3.8) is 0 Å². The molecule has 6 aromatic rings. The number of carbonyl (C=O) groups is 2. The van der Waals surface area contributed by atoms with E-state index in [-0.39, 0.29) is 24.3 Å². The minimum atomic E-state index is -3.19. The summed E-state index contributed by atoms with van der Waals surface area (Å²) in [7, 11) is 1.04. The topological polar surface area (TPSA) is 185 Å². The predicted octanol–water partition coefficient (Wildman–Crippen LogP) is 7.13. The Hall–Kier alpha value is -5.61. The van der Waals surface area contributed by atoms with Gasteiger partial charge in [0, 0.05) is 125 Å². The van der Waals surface area contributed by atoms with Crippen molar-refractivity contribution in [3.05, 3.63) is 119 Å². The zero-order chi connectivity index (χ0) is 54.9. The number of fused-ring (bicyclic) bond motifs is 6. The van der Waals surface area contributed by atoms with Gasteiger partial charge >= 0.3 is 12.2 Å². The molecule has 2 atom stereocenters. The Labute approximate surface area is 458 Å². The van der Waals surface area contributed by atoms with Crippen molar-refractivity contribution in [2.24, 2.45) is 0 Å². The Morgan fingerprint density at radius 3 is 1.38 bits per heavy atom. The Kier molecular flexibility index (Phi) is 19.4. The molecule has 2 aromatic heterocycles. The van der Waals surface area contributed by atoms with Gasteiger partial charge in [0.05, 0.1) is 60.2 Å². The average molecular weight is 1120 g/mol. The second-order valence-corrected chi connectivity index (χ2v) is 25.5. The normalized spacial score (nSPS) is 18.4. The van der Waals surface area contributed by atoms with Crippen LogP contribution < -0.4 is 15.1 Å². The van der Waals surface area contributed by atoms with Crippen LogP contribution in [0.5, 0.6) is 0 Å². The van der Waals surface area contributed by atoms with Crippen LogP contribution in [-0.2, 0) is 80.2 Å². The summed E-state index contributed by atoms with van der Waals surface area (Å²) in [6.07, 6.45) is 8.69. The van der Waals surface area contributed by atoms with Gasteiger partial charge in [0.25, 0.3) is 0 Å². The first-order chi connectivity index (χ1) is 36.9. The SMILES string of the molecule is COC(=O)N1c2ccc3c(nc(CCc4ccccc4)n3CCN3CCN(S(C)(=O)=O)CC3)c2CC[C@@H]1C.COC(=O)N1c2ccc3c(nc(CCc4ccccc4)n3CCN3CCNCC3)c2CC[C@@H]1C.CS(=O)(=O)Cl. The standard InChI is InChI=1S/C28H37N5O4S.C27H35N5O2.CH3ClO2S/c1-21-9-11-23-24(33(21)28(34)37-2)12-13-25-27(23)29-26(14-10-22-7-5-4-6-8-22)32(25)20-17-30-15-18-31(19-16-30)38(3,35)36;1-20-8-10-22-23(32(20)27(33)34-2)11-12-24-26(22)29-25(13-9-21-6-4-3-5-7-21)31(24)19-18-30-16-14-28-15-17-30;1-5(2,3)4/h4-8,12-13,21H,9-11,14-20H2,1-3H3;3-7,11-12,20,28H,8-10,13-19H2,1-2H3;1H3/t21-;20-;/m00./s1. The molecule has 0 bridgehead atoms. The van der Waals surface area contributed by atoms with Gasteiger partial charge in [-0.3, -0.25) is 19.6 Å². The molecule has 4 aromatic carbocycles. The lowest BCUT2D eigenvalue weighted by molar-refractivity contribution is 0.174. The lowest BCUT2D eigenvalue weighted by atomic mass is 9.96. The van der Waals surface area contributed by atoms with Crippen LogP contribution in [0.3, 0.4) is 0 Å². The van der Waals surface area contributed by atoms with E-state index in [4.69, 9.17) is 19.4 Å². The maximum Gasteiger partial charge on any atom is 0.414 e. The quantitative estimate of drug-likeness (QED) is 0.115. The third-order valence-corrected chi connectivity index (χ3v) is 16.5. The second kappa shape index (κ2) is 25.9. The van der Waals surface area contributed by atoms with E-state index < -0.39 is 19.1 Å². The third kappa shape index (κ3) is 14.6. The highest BCUT2D eigenvalue weighted by Crippen LogP contribution is 2.38. The number of halogens is 1. The predicted molar refractivity (Wildman–Crippen MR) is 305 cm³/mol. The number of aromatic nitrogens is 4. The largest absolute Gasteiger partial charge is 0.452 e. The molecule has 18 nitrogen and oxygen atoms in total. The van der Waals surface area contributed by atoms with Crippen LogP contribution in [0.15, 0.2) is 84.9 Å². The molecule has 0 spiro atoms. The van der Waals surface area contributed by atoms with E-state index in [0.717, 1.165) is 168 Å². The number of hydrogen-bond acceptors (Lipinski definition) is 13. The number of anilines is 2. The second-order valence-electron chi connectivity index (χ2n) is 20.4. The molecule has 0 saturated carbocycles. The van der Waals surface area contributed by atoms with Crippen LogP contribution >= 0.6 is 10.7 Å². The van der Waals surface area contributed by atoms with Crippen LogP contribution in [0.25, 0.3) is 22.1 Å². The number of piperazine rings is 2.